The number of hydrogen-bond donors (Lipinski definition) is 1. The van der Waals surface area contributed by atoms with Gasteiger partial charge >= 0.3 is 6.18 Å². The summed E-state index contributed by atoms with van der Waals surface area (Å²) in [6.45, 7) is -1.42. The Hall–Kier alpha value is -1.87. The molecule has 6 nitrogen and oxygen atoms in total. The summed E-state index contributed by atoms with van der Waals surface area (Å²) in [7, 11) is 0. The zero-order valence-electron chi connectivity index (χ0n) is 12.5. The quantitative estimate of drug-likeness (QED) is 0.896. The third-order valence-electron chi connectivity index (χ3n) is 3.73. The molecule has 0 bridgehead atoms. The first-order valence-electron chi connectivity index (χ1n) is 7.15. The summed E-state index contributed by atoms with van der Waals surface area (Å²) in [5, 5.41) is 3.87. The first-order valence-corrected chi connectivity index (χ1v) is 7.15. The molecular weight excluding hydrogens is 349 g/mol. The van der Waals surface area contributed by atoms with Crippen molar-refractivity contribution in [1.82, 2.24) is 15.1 Å². The molecule has 0 saturated heterocycles. The molecule has 1 saturated carbocycles. The molecule has 2 aromatic rings. The normalized spacial score (nSPS) is 16.7. The summed E-state index contributed by atoms with van der Waals surface area (Å²) in [5.41, 5.74) is 5.66. The van der Waals surface area contributed by atoms with Gasteiger partial charge in [0, 0.05) is 6.20 Å². The highest BCUT2D eigenvalue weighted by Gasteiger charge is 2.36. The average Bonchev–Trinajstić information content (AvgIpc) is 3.14. The second kappa shape index (κ2) is 6.94. The monoisotopic (exact) mass is 364 g/mol. The molecule has 10 heteroatoms. The van der Waals surface area contributed by atoms with Crippen LogP contribution in [0.25, 0.3) is 11.6 Å². The molecule has 3 rings (SSSR count). The second-order valence-corrected chi connectivity index (χ2v) is 5.54. The first kappa shape index (κ1) is 18.5. The zero-order valence-corrected chi connectivity index (χ0v) is 13.4. The number of nitrogens with two attached hydrogens (primary N) is 1. The molecule has 0 atom stereocenters. The third kappa shape index (κ3) is 3.96. The van der Waals surface area contributed by atoms with Crippen molar-refractivity contribution in [3.63, 3.8) is 0 Å². The van der Waals surface area contributed by atoms with Crippen LogP contribution in [0.15, 0.2) is 22.9 Å². The Morgan fingerprint density at radius 3 is 2.67 bits per heavy atom. The Morgan fingerprint density at radius 1 is 1.29 bits per heavy atom. The highest BCUT2D eigenvalue weighted by Crippen LogP contribution is 2.36. The maximum Gasteiger partial charge on any atom is 0.422 e. The largest absolute Gasteiger partial charge is 0.482 e. The fourth-order valence-corrected chi connectivity index (χ4v) is 2.58. The van der Waals surface area contributed by atoms with Crippen molar-refractivity contribution in [3.05, 3.63) is 24.2 Å². The molecule has 24 heavy (non-hydrogen) atoms. The van der Waals surface area contributed by atoms with Gasteiger partial charge in [-0.1, -0.05) is 18.0 Å². The van der Waals surface area contributed by atoms with E-state index in [1.165, 1.54) is 18.3 Å². The van der Waals surface area contributed by atoms with Crippen LogP contribution in [0.2, 0.25) is 0 Å². The fraction of sp³-hybridized carbons (Fsp3) is 0.500. The van der Waals surface area contributed by atoms with E-state index >= 15 is 0 Å². The SMILES string of the molecule is Cl.NC1(c2noc(-c3ncccc3OCC(F)(F)F)n2)CCCC1. The molecule has 0 unspecified atom stereocenters. The Kier molecular flexibility index (Phi) is 5.34. The van der Waals surface area contributed by atoms with Crippen LogP contribution in [0, 0.1) is 0 Å². The Bertz CT molecular complexity index is 687. The number of nitrogens with zero attached hydrogens (tertiary/aromatic N) is 3. The maximum atomic E-state index is 12.3. The van der Waals surface area contributed by atoms with E-state index in [9.17, 15) is 13.2 Å². The summed E-state index contributed by atoms with van der Waals surface area (Å²) < 4.78 is 46.9. The van der Waals surface area contributed by atoms with E-state index in [1.54, 1.807) is 0 Å². The lowest BCUT2D eigenvalue weighted by Gasteiger charge is -2.17. The van der Waals surface area contributed by atoms with Gasteiger partial charge in [0.15, 0.2) is 23.9 Å². The number of aromatic nitrogens is 3. The number of ether oxygens (including phenoxy) is 1. The van der Waals surface area contributed by atoms with Crippen molar-refractivity contribution in [1.29, 1.82) is 0 Å². The summed E-state index contributed by atoms with van der Waals surface area (Å²) in [6.07, 6.45) is 0.400. The summed E-state index contributed by atoms with van der Waals surface area (Å²) in [4.78, 5) is 8.20. The maximum absolute atomic E-state index is 12.3. The molecule has 2 heterocycles. The molecular formula is C14H16ClF3N4O2. The van der Waals surface area contributed by atoms with E-state index in [-0.39, 0.29) is 29.7 Å². The molecule has 0 aliphatic heterocycles. The minimum absolute atomic E-state index is 0. The van der Waals surface area contributed by atoms with Crippen LogP contribution < -0.4 is 10.5 Å². The summed E-state index contributed by atoms with van der Waals surface area (Å²) in [6, 6.07) is 2.83. The Labute approximate surface area is 142 Å². The van der Waals surface area contributed by atoms with Crippen LogP contribution in [0.5, 0.6) is 5.75 Å². The van der Waals surface area contributed by atoms with Crippen molar-refractivity contribution >= 4 is 12.4 Å². The Morgan fingerprint density at radius 2 is 2.00 bits per heavy atom. The van der Waals surface area contributed by atoms with E-state index in [2.05, 4.69) is 15.1 Å². The number of hydrogen-bond acceptors (Lipinski definition) is 6. The van der Waals surface area contributed by atoms with Crippen LogP contribution in [0.1, 0.15) is 31.5 Å². The van der Waals surface area contributed by atoms with Crippen molar-refractivity contribution < 1.29 is 22.4 Å². The minimum atomic E-state index is -4.45. The molecule has 1 fully saturated rings. The predicted molar refractivity (Wildman–Crippen MR) is 80.7 cm³/mol. The minimum Gasteiger partial charge on any atom is -0.482 e. The highest BCUT2D eigenvalue weighted by atomic mass is 35.5. The molecule has 1 aliphatic carbocycles. The topological polar surface area (TPSA) is 87.1 Å². The number of alkyl halides is 3. The third-order valence-corrected chi connectivity index (χ3v) is 3.73. The molecule has 0 amide bonds. The van der Waals surface area contributed by atoms with Crippen molar-refractivity contribution in [2.45, 2.75) is 37.4 Å². The molecule has 0 radical (unpaired) electrons. The Balaban J connectivity index is 0.00000208. The van der Waals surface area contributed by atoms with Gasteiger partial charge in [-0.2, -0.15) is 18.2 Å². The molecule has 1 aliphatic rings. The predicted octanol–water partition coefficient (Wildman–Crippen LogP) is 3.22. The zero-order chi connectivity index (χ0) is 16.5. The number of pyridine rings is 1. The van der Waals surface area contributed by atoms with Crippen LogP contribution in [0.3, 0.4) is 0 Å². The smallest absolute Gasteiger partial charge is 0.422 e. The molecule has 0 spiro atoms. The standard InChI is InChI=1S/C14H15F3N4O2.ClH/c15-14(16,17)8-22-9-4-3-7-19-10(9)11-20-12(21-23-11)13(18)5-1-2-6-13;/h3-4,7H,1-2,5-6,8,18H2;1H. The van der Waals surface area contributed by atoms with Crippen molar-refractivity contribution in [2.75, 3.05) is 6.61 Å². The molecule has 0 aromatic carbocycles. The van der Waals surface area contributed by atoms with Crippen molar-refractivity contribution in [2.24, 2.45) is 5.73 Å². The average molecular weight is 365 g/mol. The van der Waals surface area contributed by atoms with Gasteiger partial charge in [-0.25, -0.2) is 4.98 Å². The van der Waals surface area contributed by atoms with Crippen LogP contribution in [0.4, 0.5) is 13.2 Å². The van der Waals surface area contributed by atoms with Gasteiger partial charge in [-0.15, -0.1) is 12.4 Å². The first-order chi connectivity index (χ1) is 10.9. The van der Waals surface area contributed by atoms with Crippen LogP contribution in [-0.4, -0.2) is 27.9 Å². The lowest BCUT2D eigenvalue weighted by atomic mass is 9.99. The number of rotatable bonds is 4. The van der Waals surface area contributed by atoms with E-state index in [0.29, 0.717) is 5.82 Å². The summed E-state index contributed by atoms with van der Waals surface area (Å²) >= 11 is 0. The van der Waals surface area contributed by atoms with Crippen LogP contribution >= 0.6 is 12.4 Å². The highest BCUT2D eigenvalue weighted by molar-refractivity contribution is 5.85. The van der Waals surface area contributed by atoms with Gasteiger partial charge in [-0.05, 0) is 25.0 Å². The lowest BCUT2D eigenvalue weighted by Crippen LogP contribution is -2.34. The van der Waals surface area contributed by atoms with Crippen LogP contribution in [-0.2, 0) is 5.54 Å². The fourth-order valence-electron chi connectivity index (χ4n) is 2.58. The summed E-state index contributed by atoms with van der Waals surface area (Å²) in [5.74, 6) is 0.268. The van der Waals surface area contributed by atoms with Gasteiger partial charge in [0.05, 0.1) is 5.54 Å². The van der Waals surface area contributed by atoms with E-state index in [4.69, 9.17) is 15.0 Å². The van der Waals surface area contributed by atoms with Gasteiger partial charge in [0.2, 0.25) is 0 Å². The van der Waals surface area contributed by atoms with Gasteiger partial charge in [0.1, 0.15) is 0 Å². The van der Waals surface area contributed by atoms with Gasteiger partial charge in [-0.3, -0.25) is 0 Å². The molecule has 132 valence electrons. The lowest BCUT2D eigenvalue weighted by molar-refractivity contribution is -0.153. The molecule has 2 aromatic heterocycles. The van der Waals surface area contributed by atoms with Gasteiger partial charge in [0.25, 0.3) is 5.89 Å². The number of halogens is 4. The van der Waals surface area contributed by atoms with E-state index in [0.717, 1.165) is 25.7 Å². The molecule has 2 N–H and O–H groups in total. The van der Waals surface area contributed by atoms with Gasteiger partial charge < -0.3 is 15.0 Å². The van der Waals surface area contributed by atoms with E-state index < -0.39 is 18.3 Å². The van der Waals surface area contributed by atoms with E-state index in [1.807, 2.05) is 0 Å². The van der Waals surface area contributed by atoms with Crippen molar-refractivity contribution in [3.8, 4) is 17.3 Å². The second-order valence-electron chi connectivity index (χ2n) is 5.54.